The number of hydrogen-bond donors (Lipinski definition) is 1. The highest BCUT2D eigenvalue weighted by Gasteiger charge is 2.29. The first-order valence-corrected chi connectivity index (χ1v) is 13.0. The van der Waals surface area contributed by atoms with Crippen molar-refractivity contribution in [2.45, 2.75) is 24.8 Å². The van der Waals surface area contributed by atoms with E-state index in [4.69, 9.17) is 11.6 Å². The summed E-state index contributed by atoms with van der Waals surface area (Å²) < 4.78 is 15.1. The largest absolute Gasteiger partial charge is 0.357 e. The number of rotatable bonds is 10. The van der Waals surface area contributed by atoms with Crippen LogP contribution < -0.4 is 5.32 Å². The predicted octanol–water partition coefficient (Wildman–Crippen LogP) is 5.86. The van der Waals surface area contributed by atoms with Crippen molar-refractivity contribution in [3.8, 4) is 0 Å². The minimum Gasteiger partial charge on any atom is -0.357 e. The van der Waals surface area contributed by atoms with Crippen molar-refractivity contribution in [3.63, 3.8) is 0 Å². The number of amides is 2. The van der Waals surface area contributed by atoms with Crippen LogP contribution in [-0.4, -0.2) is 35.6 Å². The zero-order valence-corrected chi connectivity index (χ0v) is 21.8. The number of nitrogens with zero attached hydrogens (tertiary/aromatic N) is 1. The molecule has 0 fully saturated rings. The average Bonchev–Trinajstić information content (AvgIpc) is 2.84. The lowest BCUT2D eigenvalue weighted by Gasteiger charge is -2.31. The molecule has 0 aliphatic rings. The fourth-order valence-electron chi connectivity index (χ4n) is 3.50. The van der Waals surface area contributed by atoms with Crippen molar-refractivity contribution in [1.82, 2.24) is 10.2 Å². The molecule has 3 rings (SSSR count). The second-order valence-corrected chi connectivity index (χ2v) is 9.97. The Labute approximate surface area is 217 Å². The van der Waals surface area contributed by atoms with E-state index in [1.807, 2.05) is 54.6 Å². The van der Waals surface area contributed by atoms with Gasteiger partial charge < -0.3 is 10.2 Å². The summed E-state index contributed by atoms with van der Waals surface area (Å²) in [5.41, 5.74) is 2.23. The van der Waals surface area contributed by atoms with Crippen LogP contribution in [0.1, 0.15) is 16.7 Å². The van der Waals surface area contributed by atoms with Gasteiger partial charge in [-0.1, -0.05) is 76.1 Å². The van der Waals surface area contributed by atoms with Gasteiger partial charge in [0.15, 0.2) is 0 Å². The molecule has 0 saturated heterocycles. The third kappa shape index (κ3) is 7.32. The number of likely N-dealkylation sites (N-methyl/N-ethyl adjacent to an activating group) is 1. The van der Waals surface area contributed by atoms with Crippen molar-refractivity contribution in [2.24, 2.45) is 0 Å². The molecule has 1 N–H and O–H groups in total. The summed E-state index contributed by atoms with van der Waals surface area (Å²) in [6, 6.07) is 21.1. The Morgan fingerprint density at radius 3 is 2.38 bits per heavy atom. The lowest BCUT2D eigenvalue weighted by molar-refractivity contribution is -0.139. The van der Waals surface area contributed by atoms with Crippen LogP contribution in [0.25, 0.3) is 0 Å². The Bertz CT molecular complexity index is 1100. The molecular weight excluding hydrogens is 539 g/mol. The predicted molar refractivity (Wildman–Crippen MR) is 140 cm³/mol. The van der Waals surface area contributed by atoms with Crippen molar-refractivity contribution in [1.29, 1.82) is 0 Å². The highest BCUT2D eigenvalue weighted by Crippen LogP contribution is 2.25. The average molecular weight is 564 g/mol. The number of thioether (sulfide) groups is 1. The van der Waals surface area contributed by atoms with Crippen molar-refractivity contribution >= 4 is 51.1 Å². The molecule has 0 bridgehead atoms. The van der Waals surface area contributed by atoms with E-state index in [2.05, 4.69) is 21.2 Å². The van der Waals surface area contributed by atoms with Crippen LogP contribution >= 0.6 is 39.3 Å². The molecule has 3 aromatic rings. The van der Waals surface area contributed by atoms with Gasteiger partial charge in [-0.25, -0.2) is 4.39 Å². The molecule has 0 aliphatic heterocycles. The quantitative estimate of drug-likeness (QED) is 0.336. The summed E-state index contributed by atoms with van der Waals surface area (Å²) in [5.74, 6) is -0.497. The van der Waals surface area contributed by atoms with E-state index in [9.17, 15) is 14.0 Å². The minimum absolute atomic E-state index is 0.0868. The van der Waals surface area contributed by atoms with Crippen LogP contribution in [0, 0.1) is 5.82 Å². The Morgan fingerprint density at radius 2 is 1.74 bits per heavy atom. The van der Waals surface area contributed by atoms with Crippen LogP contribution in [0.4, 0.5) is 4.39 Å². The number of benzene rings is 3. The fourth-order valence-corrected chi connectivity index (χ4v) is 5.01. The maximum atomic E-state index is 14.1. The summed E-state index contributed by atoms with van der Waals surface area (Å²) in [5, 5.41) is 3.03. The first kappa shape index (κ1) is 26.3. The molecule has 0 spiro atoms. The molecule has 8 heteroatoms. The van der Waals surface area contributed by atoms with Gasteiger partial charge in [0.05, 0.1) is 5.75 Å². The third-order valence-corrected chi connectivity index (χ3v) is 7.14. The maximum absolute atomic E-state index is 14.1. The number of halogens is 3. The first-order chi connectivity index (χ1) is 16.4. The molecule has 0 heterocycles. The van der Waals surface area contributed by atoms with E-state index in [0.29, 0.717) is 17.0 Å². The molecule has 34 heavy (non-hydrogen) atoms. The van der Waals surface area contributed by atoms with E-state index >= 15 is 0 Å². The zero-order valence-electron chi connectivity index (χ0n) is 18.6. The summed E-state index contributed by atoms with van der Waals surface area (Å²) in [6.45, 7) is 0.276. The number of carbonyl (C=O) groups is 2. The smallest absolute Gasteiger partial charge is 0.242 e. The number of carbonyl (C=O) groups excluding carboxylic acids is 2. The van der Waals surface area contributed by atoms with Crippen molar-refractivity contribution in [2.75, 3.05) is 12.8 Å². The van der Waals surface area contributed by atoms with Gasteiger partial charge in [-0.3, -0.25) is 9.59 Å². The van der Waals surface area contributed by atoms with E-state index in [0.717, 1.165) is 15.6 Å². The fraction of sp³-hybridized carbons (Fsp3) is 0.231. The highest BCUT2D eigenvalue weighted by molar-refractivity contribution is 9.10. The first-order valence-electron chi connectivity index (χ1n) is 10.7. The van der Waals surface area contributed by atoms with E-state index in [1.54, 1.807) is 24.1 Å². The van der Waals surface area contributed by atoms with Crippen molar-refractivity contribution in [3.05, 3.63) is 105 Å². The molecule has 0 aromatic heterocycles. The number of nitrogens with one attached hydrogen (secondary N) is 1. The second-order valence-electron chi connectivity index (χ2n) is 7.66. The Hall–Kier alpha value is -2.35. The van der Waals surface area contributed by atoms with Gasteiger partial charge in [0.1, 0.15) is 11.9 Å². The second kappa shape index (κ2) is 12.9. The summed E-state index contributed by atoms with van der Waals surface area (Å²) in [6.07, 6.45) is 0.382. The van der Waals surface area contributed by atoms with Crippen LogP contribution in [0.3, 0.4) is 0 Å². The van der Waals surface area contributed by atoms with Gasteiger partial charge in [-0.2, -0.15) is 0 Å². The Morgan fingerprint density at radius 1 is 1.03 bits per heavy atom. The molecule has 0 radical (unpaired) electrons. The van der Waals surface area contributed by atoms with Gasteiger partial charge in [-0.15, -0.1) is 11.8 Å². The zero-order chi connectivity index (χ0) is 24.5. The van der Waals surface area contributed by atoms with Crippen molar-refractivity contribution < 1.29 is 14.0 Å². The van der Waals surface area contributed by atoms with Gasteiger partial charge in [0.25, 0.3) is 0 Å². The Balaban J connectivity index is 1.82. The summed E-state index contributed by atoms with van der Waals surface area (Å²) in [7, 11) is 1.57. The standard InChI is InChI=1S/C26H25BrClFN2O2S/c1-30-26(33)24(14-18-6-3-2-4-7-18)31(15-19-10-12-20(27)13-11-19)25(32)17-34-16-21-22(28)8-5-9-23(21)29/h2-13,24H,14-17H2,1H3,(H,30,33)/t24-/m1/s1. The molecule has 178 valence electrons. The minimum atomic E-state index is -0.693. The highest BCUT2D eigenvalue weighted by atomic mass is 79.9. The molecular formula is C26H25BrClFN2O2S. The molecule has 0 unspecified atom stereocenters. The molecule has 4 nitrogen and oxygen atoms in total. The van der Waals surface area contributed by atoms with E-state index in [-0.39, 0.29) is 29.9 Å². The third-order valence-electron chi connectivity index (χ3n) is 5.32. The van der Waals surface area contributed by atoms with Gasteiger partial charge in [0.2, 0.25) is 11.8 Å². The monoisotopic (exact) mass is 562 g/mol. The van der Waals surface area contributed by atoms with Crippen LogP contribution in [0.15, 0.2) is 77.3 Å². The van der Waals surface area contributed by atoms with Crippen LogP contribution in [-0.2, 0) is 28.3 Å². The lowest BCUT2D eigenvalue weighted by Crippen LogP contribution is -2.50. The van der Waals surface area contributed by atoms with Crippen LogP contribution in [0.2, 0.25) is 5.02 Å². The SMILES string of the molecule is CNC(=O)[C@@H](Cc1ccccc1)N(Cc1ccc(Br)cc1)C(=O)CSCc1c(F)cccc1Cl. The molecule has 0 aliphatic carbocycles. The van der Waals surface area contributed by atoms with Gasteiger partial charge in [0, 0.05) is 40.8 Å². The molecule has 3 aromatic carbocycles. The molecule has 0 saturated carbocycles. The van der Waals surface area contributed by atoms with Gasteiger partial charge in [-0.05, 0) is 35.4 Å². The van der Waals surface area contributed by atoms with Gasteiger partial charge >= 0.3 is 0 Å². The van der Waals surface area contributed by atoms with E-state index < -0.39 is 11.9 Å². The normalized spacial score (nSPS) is 11.6. The van der Waals surface area contributed by atoms with Crippen LogP contribution in [0.5, 0.6) is 0 Å². The maximum Gasteiger partial charge on any atom is 0.242 e. The summed E-state index contributed by atoms with van der Waals surface area (Å²) >= 11 is 10.8. The summed E-state index contributed by atoms with van der Waals surface area (Å²) in [4.78, 5) is 27.9. The molecule has 2 amide bonds. The topological polar surface area (TPSA) is 49.4 Å². The number of hydrogen-bond acceptors (Lipinski definition) is 3. The van der Waals surface area contributed by atoms with E-state index in [1.165, 1.54) is 17.8 Å². The molecule has 1 atom stereocenters. The lowest BCUT2D eigenvalue weighted by atomic mass is 10.0. The Kier molecular flexibility index (Phi) is 9.99.